The van der Waals surface area contributed by atoms with E-state index in [1.807, 2.05) is 6.92 Å². The van der Waals surface area contributed by atoms with Gasteiger partial charge in [-0.2, -0.15) is 12.6 Å². The van der Waals surface area contributed by atoms with Gasteiger partial charge in [0.15, 0.2) is 17.6 Å². The highest BCUT2D eigenvalue weighted by Gasteiger charge is 2.53. The normalized spacial score (nSPS) is 41.6. The van der Waals surface area contributed by atoms with Crippen LogP contribution in [-0.4, -0.2) is 75.3 Å². The van der Waals surface area contributed by atoms with Crippen molar-refractivity contribution in [2.75, 3.05) is 6.61 Å². The lowest BCUT2D eigenvalue weighted by atomic mass is 9.93. The summed E-state index contributed by atoms with van der Waals surface area (Å²) in [6.45, 7) is 1.62. The van der Waals surface area contributed by atoms with E-state index < -0.39 is 29.2 Å². The fourth-order valence-electron chi connectivity index (χ4n) is 2.79. The van der Waals surface area contributed by atoms with Crippen LogP contribution in [0.5, 0.6) is 0 Å². The van der Waals surface area contributed by atoms with Crippen LogP contribution in [0.2, 0.25) is 0 Å². The van der Waals surface area contributed by atoms with Crippen LogP contribution in [0.4, 0.5) is 0 Å². The van der Waals surface area contributed by atoms with Gasteiger partial charge in [0.2, 0.25) is 0 Å². The predicted octanol–water partition coefficient (Wildman–Crippen LogP) is -0.727. The van der Waals surface area contributed by atoms with Gasteiger partial charge in [0.05, 0.1) is 24.3 Å². The Kier molecular flexibility index (Phi) is 3.60. The summed E-state index contributed by atoms with van der Waals surface area (Å²) >= 11 is 4.37. The lowest BCUT2D eigenvalue weighted by molar-refractivity contribution is -0.0432. The quantitative estimate of drug-likeness (QED) is 0.515. The molecule has 0 amide bonds. The molecular formula is C12H17N5O3S. The van der Waals surface area contributed by atoms with Crippen molar-refractivity contribution in [2.45, 2.75) is 42.6 Å². The van der Waals surface area contributed by atoms with E-state index in [1.165, 1.54) is 6.34 Å². The summed E-state index contributed by atoms with van der Waals surface area (Å²) in [4.78, 5) is 14.2. The van der Waals surface area contributed by atoms with Crippen molar-refractivity contribution in [1.82, 2.24) is 4.90 Å². The van der Waals surface area contributed by atoms with Crippen LogP contribution in [-0.2, 0) is 4.74 Å². The van der Waals surface area contributed by atoms with E-state index in [1.54, 1.807) is 11.2 Å². The van der Waals surface area contributed by atoms with Crippen molar-refractivity contribution >= 4 is 37.0 Å². The SMILES string of the molecule is CCC12N=CN([C@@H]3O[C@H](CO)[C@@H](O)[C@H]3S)C1=NC=NC2=N. The van der Waals surface area contributed by atoms with Gasteiger partial charge < -0.3 is 14.9 Å². The molecule has 3 N–H and O–H groups in total. The number of amidine groups is 2. The Morgan fingerprint density at radius 1 is 1.57 bits per heavy atom. The zero-order valence-electron chi connectivity index (χ0n) is 11.4. The van der Waals surface area contributed by atoms with Crippen LogP contribution in [0, 0.1) is 5.41 Å². The minimum atomic E-state index is -0.895. The van der Waals surface area contributed by atoms with Crippen LogP contribution in [0.25, 0.3) is 0 Å². The van der Waals surface area contributed by atoms with E-state index in [0.29, 0.717) is 12.3 Å². The zero-order valence-corrected chi connectivity index (χ0v) is 12.3. The molecule has 1 saturated heterocycles. The fourth-order valence-corrected chi connectivity index (χ4v) is 3.19. The molecule has 0 aromatic heterocycles. The molecule has 0 saturated carbocycles. The third-order valence-corrected chi connectivity index (χ3v) is 4.64. The van der Waals surface area contributed by atoms with Gasteiger partial charge in [0.1, 0.15) is 18.3 Å². The van der Waals surface area contributed by atoms with Gasteiger partial charge >= 0.3 is 0 Å². The van der Waals surface area contributed by atoms with Crippen molar-refractivity contribution in [2.24, 2.45) is 15.0 Å². The molecule has 3 heterocycles. The number of aliphatic hydroxyl groups excluding tert-OH is 2. The van der Waals surface area contributed by atoms with Crippen molar-refractivity contribution in [3.63, 3.8) is 0 Å². The molecular weight excluding hydrogens is 294 g/mol. The van der Waals surface area contributed by atoms with Crippen LogP contribution in [0.15, 0.2) is 15.0 Å². The first-order chi connectivity index (χ1) is 10.0. The second-order valence-electron chi connectivity index (χ2n) is 5.14. The molecule has 0 spiro atoms. The highest BCUT2D eigenvalue weighted by atomic mass is 32.1. The molecule has 9 heteroatoms. The smallest absolute Gasteiger partial charge is 0.178 e. The monoisotopic (exact) mass is 311 g/mol. The van der Waals surface area contributed by atoms with Gasteiger partial charge in [-0.1, -0.05) is 6.92 Å². The Balaban J connectivity index is 1.92. The Morgan fingerprint density at radius 2 is 2.33 bits per heavy atom. The molecule has 1 fully saturated rings. The molecule has 0 aromatic carbocycles. The van der Waals surface area contributed by atoms with Crippen LogP contribution < -0.4 is 0 Å². The Bertz CT molecular complexity index is 551. The molecule has 3 aliphatic rings. The molecule has 114 valence electrons. The molecule has 0 aromatic rings. The minimum Gasteiger partial charge on any atom is -0.394 e. The number of thiol groups is 1. The summed E-state index contributed by atoms with van der Waals surface area (Å²) in [5.41, 5.74) is -0.895. The number of aliphatic imine (C=N–C) groups is 3. The second kappa shape index (κ2) is 5.16. The average Bonchev–Trinajstić information content (AvgIpc) is 3.00. The molecule has 1 unspecified atom stereocenters. The Labute approximate surface area is 127 Å². The Morgan fingerprint density at radius 3 is 2.95 bits per heavy atom. The van der Waals surface area contributed by atoms with Gasteiger partial charge in [-0.05, 0) is 6.42 Å². The zero-order chi connectivity index (χ0) is 15.2. The molecule has 3 aliphatic heterocycles. The van der Waals surface area contributed by atoms with E-state index in [0.717, 1.165) is 0 Å². The topological polar surface area (TPSA) is 114 Å². The lowest BCUT2D eigenvalue weighted by Gasteiger charge is -2.32. The summed E-state index contributed by atoms with van der Waals surface area (Å²) in [6.07, 6.45) is 1.23. The standard InChI is InChI=1S/C12H17N5O3S/c1-2-12-10(13)14-4-15-11(12)17(5-16-12)9-8(21)7(19)6(3-18)20-9/h4-9,13,18-19,21H,2-3H2,1H3/t6-,7-,8-,9-,12?/m1/s1. The van der Waals surface area contributed by atoms with Crippen molar-refractivity contribution in [3.05, 3.63) is 0 Å². The summed E-state index contributed by atoms with van der Waals surface area (Å²) in [5.74, 6) is 0.668. The third-order valence-electron chi connectivity index (χ3n) is 4.08. The number of nitrogens with zero attached hydrogens (tertiary/aromatic N) is 4. The van der Waals surface area contributed by atoms with Crippen molar-refractivity contribution < 1.29 is 14.9 Å². The molecule has 3 rings (SSSR count). The molecule has 5 atom stereocenters. The summed E-state index contributed by atoms with van der Waals surface area (Å²) < 4.78 is 5.66. The average molecular weight is 311 g/mol. The second-order valence-corrected chi connectivity index (χ2v) is 5.74. The van der Waals surface area contributed by atoms with Gasteiger partial charge in [-0.15, -0.1) is 0 Å². The number of hydrogen-bond donors (Lipinski definition) is 4. The first-order valence-corrected chi connectivity index (χ1v) is 7.22. The van der Waals surface area contributed by atoms with Crippen LogP contribution >= 0.6 is 12.6 Å². The number of hydrogen-bond acceptors (Lipinski definition) is 8. The molecule has 0 radical (unpaired) electrons. The van der Waals surface area contributed by atoms with Crippen LogP contribution in [0.3, 0.4) is 0 Å². The summed E-state index contributed by atoms with van der Waals surface area (Å²) in [5, 5.41) is 26.8. The number of rotatable bonds is 3. The highest BCUT2D eigenvalue weighted by Crippen LogP contribution is 2.35. The predicted molar refractivity (Wildman–Crippen MR) is 81.5 cm³/mol. The maximum Gasteiger partial charge on any atom is 0.178 e. The van der Waals surface area contributed by atoms with Gasteiger partial charge in [-0.3, -0.25) is 15.3 Å². The first-order valence-electron chi connectivity index (χ1n) is 6.71. The van der Waals surface area contributed by atoms with E-state index in [-0.39, 0.29) is 12.4 Å². The number of ether oxygens (including phenoxy) is 1. The van der Waals surface area contributed by atoms with E-state index in [4.69, 9.17) is 10.1 Å². The van der Waals surface area contributed by atoms with Crippen molar-refractivity contribution in [3.8, 4) is 0 Å². The number of fused-ring (bicyclic) bond motifs is 1. The molecule has 0 bridgehead atoms. The number of aliphatic hydroxyl groups is 2. The Hall–Kier alpha value is -1.29. The van der Waals surface area contributed by atoms with E-state index in [9.17, 15) is 10.2 Å². The van der Waals surface area contributed by atoms with Crippen molar-refractivity contribution in [1.29, 1.82) is 5.41 Å². The summed E-state index contributed by atoms with van der Waals surface area (Å²) in [6, 6.07) is 0. The van der Waals surface area contributed by atoms with Crippen LogP contribution in [0.1, 0.15) is 13.3 Å². The maximum absolute atomic E-state index is 10.0. The third kappa shape index (κ3) is 1.95. The largest absolute Gasteiger partial charge is 0.394 e. The lowest BCUT2D eigenvalue weighted by Crippen LogP contribution is -2.52. The highest BCUT2D eigenvalue weighted by molar-refractivity contribution is 7.81. The molecule has 0 aliphatic carbocycles. The van der Waals surface area contributed by atoms with E-state index in [2.05, 4.69) is 27.6 Å². The molecule has 8 nitrogen and oxygen atoms in total. The summed E-state index contributed by atoms with van der Waals surface area (Å²) in [7, 11) is 0. The van der Waals surface area contributed by atoms with Gasteiger partial charge in [-0.25, -0.2) is 9.98 Å². The fraction of sp³-hybridized carbons (Fsp3) is 0.667. The van der Waals surface area contributed by atoms with E-state index >= 15 is 0 Å². The number of nitrogens with one attached hydrogen (secondary N) is 1. The van der Waals surface area contributed by atoms with Gasteiger partial charge in [0, 0.05) is 0 Å². The first kappa shape index (κ1) is 14.6. The molecule has 21 heavy (non-hydrogen) atoms. The minimum absolute atomic E-state index is 0.127. The maximum atomic E-state index is 10.0. The van der Waals surface area contributed by atoms with Gasteiger partial charge in [0.25, 0.3) is 0 Å².